The molecule has 2 rings (SSSR count). The number of hydrazine groups is 1. The summed E-state index contributed by atoms with van der Waals surface area (Å²) in [6.07, 6.45) is 1.95. The topological polar surface area (TPSA) is 55.9 Å². The first-order chi connectivity index (χ1) is 9.54. The van der Waals surface area contributed by atoms with Gasteiger partial charge in [-0.1, -0.05) is 24.3 Å². The molecule has 0 spiro atoms. The number of rotatable bonds is 5. The molecule has 4 nitrogen and oxygen atoms in total. The predicted octanol–water partition coefficient (Wildman–Crippen LogP) is 2.48. The van der Waals surface area contributed by atoms with Crippen LogP contribution in [0.25, 0.3) is 0 Å². The van der Waals surface area contributed by atoms with Gasteiger partial charge in [-0.25, -0.2) is 0 Å². The van der Waals surface area contributed by atoms with E-state index in [9.17, 15) is 0 Å². The molecular weight excluding hydrogens is 248 g/mol. The average molecular weight is 272 g/mol. The summed E-state index contributed by atoms with van der Waals surface area (Å²) in [4.78, 5) is 0. The molecule has 3 N–H and O–H groups in total. The van der Waals surface area contributed by atoms with Crippen molar-refractivity contribution < 1.29 is 0 Å². The fourth-order valence-corrected chi connectivity index (χ4v) is 2.77. The summed E-state index contributed by atoms with van der Waals surface area (Å²) in [5, 5.41) is 4.47. The highest BCUT2D eigenvalue weighted by Gasteiger charge is 2.15. The van der Waals surface area contributed by atoms with Crippen molar-refractivity contribution >= 4 is 0 Å². The zero-order valence-electron chi connectivity index (χ0n) is 12.8. The van der Waals surface area contributed by atoms with Gasteiger partial charge in [0, 0.05) is 18.8 Å². The smallest absolute Gasteiger partial charge is 0.0628 e. The molecule has 0 aliphatic rings. The van der Waals surface area contributed by atoms with Crippen LogP contribution in [0, 0.1) is 20.8 Å². The normalized spacial score (nSPS) is 12.7. The summed E-state index contributed by atoms with van der Waals surface area (Å²) < 4.78 is 1.95. The molecule has 1 aromatic heterocycles. The molecule has 1 atom stereocenters. The van der Waals surface area contributed by atoms with Crippen LogP contribution in [0.15, 0.2) is 24.3 Å². The SMILES string of the molecule is Cc1ccccc1C(CCc1c(C)nn(C)c1C)NN. The molecule has 4 heteroatoms. The third kappa shape index (κ3) is 2.92. The van der Waals surface area contributed by atoms with E-state index in [-0.39, 0.29) is 6.04 Å². The molecule has 2 aromatic rings. The minimum atomic E-state index is 0.176. The summed E-state index contributed by atoms with van der Waals surface area (Å²) in [7, 11) is 1.99. The van der Waals surface area contributed by atoms with Crippen LogP contribution in [-0.2, 0) is 13.5 Å². The highest BCUT2D eigenvalue weighted by Crippen LogP contribution is 2.23. The maximum absolute atomic E-state index is 5.75. The first kappa shape index (κ1) is 14.8. The van der Waals surface area contributed by atoms with Gasteiger partial charge in [-0.05, 0) is 50.3 Å². The Balaban J connectivity index is 2.14. The Morgan fingerprint density at radius 2 is 1.95 bits per heavy atom. The van der Waals surface area contributed by atoms with E-state index in [4.69, 9.17) is 5.84 Å². The van der Waals surface area contributed by atoms with Crippen molar-refractivity contribution in [2.75, 3.05) is 0 Å². The Bertz CT molecular complexity index is 586. The Hall–Kier alpha value is -1.65. The van der Waals surface area contributed by atoms with Crippen molar-refractivity contribution in [3.05, 3.63) is 52.3 Å². The van der Waals surface area contributed by atoms with Gasteiger partial charge in [0.2, 0.25) is 0 Å². The Kier molecular flexibility index (Phi) is 4.57. The fourth-order valence-electron chi connectivity index (χ4n) is 2.77. The number of benzene rings is 1. The van der Waals surface area contributed by atoms with Gasteiger partial charge < -0.3 is 0 Å². The van der Waals surface area contributed by atoms with Crippen molar-refractivity contribution in [3.8, 4) is 0 Å². The quantitative estimate of drug-likeness (QED) is 0.649. The van der Waals surface area contributed by atoms with Gasteiger partial charge in [0.1, 0.15) is 0 Å². The second-order valence-corrected chi connectivity index (χ2v) is 5.39. The first-order valence-corrected chi connectivity index (χ1v) is 7.05. The Morgan fingerprint density at radius 1 is 1.25 bits per heavy atom. The minimum absolute atomic E-state index is 0.176. The largest absolute Gasteiger partial charge is 0.272 e. The van der Waals surface area contributed by atoms with Crippen LogP contribution in [0.3, 0.4) is 0 Å². The molecular formula is C16H24N4. The van der Waals surface area contributed by atoms with Gasteiger partial charge in [0.15, 0.2) is 0 Å². The lowest BCUT2D eigenvalue weighted by Gasteiger charge is -2.18. The van der Waals surface area contributed by atoms with Crippen molar-refractivity contribution in [2.45, 2.75) is 39.7 Å². The average Bonchev–Trinajstić information content (AvgIpc) is 2.67. The number of aromatic nitrogens is 2. The van der Waals surface area contributed by atoms with Crippen molar-refractivity contribution in [2.24, 2.45) is 12.9 Å². The number of nitrogens with two attached hydrogens (primary N) is 1. The predicted molar refractivity (Wildman–Crippen MR) is 82.2 cm³/mol. The van der Waals surface area contributed by atoms with E-state index in [2.05, 4.69) is 55.6 Å². The molecule has 0 aliphatic heterocycles. The molecule has 0 fully saturated rings. The molecule has 0 amide bonds. The molecule has 0 bridgehead atoms. The number of nitrogens with zero attached hydrogens (tertiary/aromatic N) is 2. The minimum Gasteiger partial charge on any atom is -0.272 e. The maximum atomic E-state index is 5.75. The maximum Gasteiger partial charge on any atom is 0.0628 e. The zero-order chi connectivity index (χ0) is 14.7. The summed E-state index contributed by atoms with van der Waals surface area (Å²) in [5.41, 5.74) is 9.18. The van der Waals surface area contributed by atoms with Crippen molar-refractivity contribution in [1.82, 2.24) is 15.2 Å². The van der Waals surface area contributed by atoms with Crippen molar-refractivity contribution in [1.29, 1.82) is 0 Å². The van der Waals surface area contributed by atoms with Gasteiger partial charge in [0.05, 0.1) is 5.69 Å². The molecule has 0 aliphatic carbocycles. The van der Waals surface area contributed by atoms with E-state index in [1.165, 1.54) is 22.4 Å². The van der Waals surface area contributed by atoms with Crippen LogP contribution in [0.2, 0.25) is 0 Å². The fraction of sp³-hybridized carbons (Fsp3) is 0.438. The van der Waals surface area contributed by atoms with Gasteiger partial charge in [-0.2, -0.15) is 5.10 Å². The number of hydrogen-bond donors (Lipinski definition) is 2. The zero-order valence-corrected chi connectivity index (χ0v) is 12.8. The Morgan fingerprint density at radius 3 is 2.50 bits per heavy atom. The van der Waals surface area contributed by atoms with Crippen LogP contribution >= 0.6 is 0 Å². The molecule has 1 unspecified atom stereocenters. The molecule has 0 saturated heterocycles. The lowest BCUT2D eigenvalue weighted by atomic mass is 9.95. The van der Waals surface area contributed by atoms with Crippen LogP contribution < -0.4 is 11.3 Å². The van der Waals surface area contributed by atoms with E-state index in [0.717, 1.165) is 18.5 Å². The Labute approximate surface area is 121 Å². The third-order valence-electron chi connectivity index (χ3n) is 4.11. The molecule has 0 saturated carbocycles. The molecule has 20 heavy (non-hydrogen) atoms. The third-order valence-corrected chi connectivity index (χ3v) is 4.11. The van der Waals surface area contributed by atoms with Crippen LogP contribution in [0.4, 0.5) is 0 Å². The molecule has 1 heterocycles. The summed E-state index contributed by atoms with van der Waals surface area (Å²) >= 11 is 0. The highest BCUT2D eigenvalue weighted by molar-refractivity contribution is 5.30. The molecule has 108 valence electrons. The summed E-state index contributed by atoms with van der Waals surface area (Å²) in [6, 6.07) is 8.56. The second-order valence-electron chi connectivity index (χ2n) is 5.39. The number of aryl methyl sites for hydroxylation is 3. The van der Waals surface area contributed by atoms with E-state index in [0.29, 0.717) is 0 Å². The molecule has 0 radical (unpaired) electrons. The van der Waals surface area contributed by atoms with Crippen LogP contribution in [0.5, 0.6) is 0 Å². The molecule has 1 aromatic carbocycles. The van der Waals surface area contributed by atoms with Gasteiger partial charge in [-0.3, -0.25) is 16.0 Å². The van der Waals surface area contributed by atoms with E-state index < -0.39 is 0 Å². The number of hydrogen-bond acceptors (Lipinski definition) is 3. The van der Waals surface area contributed by atoms with E-state index in [1.54, 1.807) is 0 Å². The van der Waals surface area contributed by atoms with Crippen molar-refractivity contribution in [3.63, 3.8) is 0 Å². The van der Waals surface area contributed by atoms with E-state index in [1.807, 2.05) is 11.7 Å². The van der Waals surface area contributed by atoms with E-state index >= 15 is 0 Å². The lowest BCUT2D eigenvalue weighted by molar-refractivity contribution is 0.513. The monoisotopic (exact) mass is 272 g/mol. The summed E-state index contributed by atoms with van der Waals surface area (Å²) in [5.74, 6) is 5.75. The van der Waals surface area contributed by atoms with Gasteiger partial charge in [-0.15, -0.1) is 0 Å². The standard InChI is InChI=1S/C16H24N4/c1-11-7-5-6-8-14(11)16(18-17)10-9-15-12(2)19-20(4)13(15)3/h5-8,16,18H,9-10,17H2,1-4H3. The second kappa shape index (κ2) is 6.20. The first-order valence-electron chi connectivity index (χ1n) is 7.05. The van der Waals surface area contributed by atoms with Gasteiger partial charge >= 0.3 is 0 Å². The lowest BCUT2D eigenvalue weighted by Crippen LogP contribution is -2.29. The summed E-state index contributed by atoms with van der Waals surface area (Å²) in [6.45, 7) is 6.31. The van der Waals surface area contributed by atoms with Gasteiger partial charge in [0.25, 0.3) is 0 Å². The number of nitrogens with one attached hydrogen (secondary N) is 1. The van der Waals surface area contributed by atoms with Crippen LogP contribution in [0.1, 0.15) is 40.5 Å². The van der Waals surface area contributed by atoms with Crippen LogP contribution in [-0.4, -0.2) is 9.78 Å². The highest BCUT2D eigenvalue weighted by atomic mass is 15.3.